The van der Waals surface area contributed by atoms with Gasteiger partial charge in [-0.1, -0.05) is 19.9 Å². The fourth-order valence-electron chi connectivity index (χ4n) is 10.6. The Balaban J connectivity index is 1.26. The lowest BCUT2D eigenvalue weighted by atomic mass is 9.41. The first kappa shape index (κ1) is 33.7. The SMILES string of the molecule is C=C1C[C@]23CC[C@H]4[C@@](C)(CCC[C@@]4(C)C(=O)O)[C@@H]2CC[C@@]1(O[C@@H]1O[C@H](CO)[C@@H](O)[C@H](O)[C@H]1O[C@@H]1O[C@H](CO)[C@@H](O)[C@H](O)[C@H]1O)C3. The second-order valence-electron chi connectivity index (χ2n) is 15.2. The minimum Gasteiger partial charge on any atom is -0.481 e. The van der Waals surface area contributed by atoms with E-state index in [1.54, 1.807) is 0 Å². The van der Waals surface area contributed by atoms with Crippen LogP contribution in [0.1, 0.15) is 71.6 Å². The molecule has 0 unspecified atom stereocenters. The molecule has 0 aromatic rings. The van der Waals surface area contributed by atoms with Crippen molar-refractivity contribution in [3.8, 4) is 0 Å². The Hall–Kier alpha value is -1.23. The second kappa shape index (κ2) is 11.7. The van der Waals surface area contributed by atoms with Crippen LogP contribution in [0.25, 0.3) is 0 Å². The zero-order valence-electron chi connectivity index (χ0n) is 26.0. The summed E-state index contributed by atoms with van der Waals surface area (Å²) in [4.78, 5) is 12.5. The van der Waals surface area contributed by atoms with E-state index in [0.717, 1.165) is 37.7 Å². The van der Waals surface area contributed by atoms with E-state index in [9.17, 15) is 45.6 Å². The van der Waals surface area contributed by atoms with Crippen molar-refractivity contribution in [2.45, 2.75) is 139 Å². The van der Waals surface area contributed by atoms with Gasteiger partial charge in [0.15, 0.2) is 12.6 Å². The van der Waals surface area contributed by atoms with Gasteiger partial charge in [-0.15, -0.1) is 0 Å². The molecule has 13 nitrogen and oxygen atoms in total. The van der Waals surface area contributed by atoms with Crippen LogP contribution in [-0.2, 0) is 23.7 Å². The van der Waals surface area contributed by atoms with Crippen molar-refractivity contribution >= 4 is 5.97 Å². The number of ether oxygens (including phenoxy) is 4. The highest BCUT2D eigenvalue weighted by Gasteiger charge is 2.69. The number of aliphatic carboxylic acids is 1. The van der Waals surface area contributed by atoms with Gasteiger partial charge >= 0.3 is 5.97 Å². The lowest BCUT2D eigenvalue weighted by Crippen LogP contribution is -2.65. The lowest BCUT2D eigenvalue weighted by molar-refractivity contribution is -0.378. The molecule has 4 saturated carbocycles. The topological polar surface area (TPSA) is 216 Å². The molecular weight excluding hydrogens is 592 g/mol. The second-order valence-corrected chi connectivity index (χ2v) is 15.2. The van der Waals surface area contributed by atoms with Crippen LogP contribution in [0.5, 0.6) is 0 Å². The van der Waals surface area contributed by atoms with Crippen LogP contribution in [0.3, 0.4) is 0 Å². The molecule has 6 rings (SSSR count). The maximum absolute atomic E-state index is 12.5. The van der Waals surface area contributed by atoms with Crippen molar-refractivity contribution in [2.75, 3.05) is 13.2 Å². The molecule has 2 heterocycles. The molecule has 256 valence electrons. The highest BCUT2D eigenvalue weighted by atomic mass is 16.8. The zero-order chi connectivity index (χ0) is 32.7. The van der Waals surface area contributed by atoms with Gasteiger partial charge < -0.3 is 59.8 Å². The largest absolute Gasteiger partial charge is 0.481 e. The summed E-state index contributed by atoms with van der Waals surface area (Å²) in [7, 11) is 0. The molecule has 16 atom stereocenters. The molecular formula is C32H50O13. The average Bonchev–Trinajstić information content (AvgIpc) is 3.19. The molecule has 1 spiro atoms. The van der Waals surface area contributed by atoms with Gasteiger partial charge in [0.05, 0.1) is 24.2 Å². The molecule has 13 heteroatoms. The average molecular weight is 643 g/mol. The van der Waals surface area contributed by atoms with Gasteiger partial charge in [-0.3, -0.25) is 4.79 Å². The van der Waals surface area contributed by atoms with E-state index in [2.05, 4.69) is 13.5 Å². The minimum absolute atomic E-state index is 0.0640. The molecule has 8 N–H and O–H groups in total. The molecule has 2 aliphatic heterocycles. The number of carboxylic acids is 1. The molecule has 0 aromatic heterocycles. The molecule has 2 saturated heterocycles. The summed E-state index contributed by atoms with van der Waals surface area (Å²) >= 11 is 0. The first-order valence-corrected chi connectivity index (χ1v) is 16.3. The van der Waals surface area contributed by atoms with Crippen LogP contribution in [0, 0.1) is 28.1 Å². The van der Waals surface area contributed by atoms with Crippen LogP contribution in [0.15, 0.2) is 12.2 Å². The van der Waals surface area contributed by atoms with Crippen molar-refractivity contribution < 1.29 is 64.6 Å². The summed E-state index contributed by atoms with van der Waals surface area (Å²) in [6, 6.07) is 0. The number of carboxylic acid groups (broad SMARTS) is 1. The predicted octanol–water partition coefficient (Wildman–Crippen LogP) is -0.197. The van der Waals surface area contributed by atoms with Crippen molar-refractivity contribution in [1.29, 1.82) is 0 Å². The summed E-state index contributed by atoms with van der Waals surface area (Å²) in [5, 5.41) is 82.8. The quantitative estimate of drug-likeness (QED) is 0.134. The van der Waals surface area contributed by atoms with E-state index >= 15 is 0 Å². The summed E-state index contributed by atoms with van der Waals surface area (Å²) in [5.74, 6) is -0.392. The molecule has 0 amide bonds. The number of aliphatic hydroxyl groups is 7. The van der Waals surface area contributed by atoms with Gasteiger partial charge in [-0.25, -0.2) is 0 Å². The number of rotatable bonds is 7. The summed E-state index contributed by atoms with van der Waals surface area (Å²) in [6.45, 7) is 7.33. The standard InChI is InChI=1S/C32H50O13/c1-15-11-31-9-5-18-29(2,7-4-8-30(18,3)28(40)41)19(31)6-10-32(15,14-31)45-27-25(23(38)21(36)17(13-34)43-27)44-26-24(39)22(37)20(35)16(12-33)42-26/h16-27,33-39H,1,4-14H2,2-3H3,(H,40,41)/t16-,17-,18+,19+,20-,21-,22+,23+,24-,25-,26+,27+,29-,30-,31+,32-/m1/s1. The smallest absolute Gasteiger partial charge is 0.309 e. The van der Waals surface area contributed by atoms with Crippen molar-refractivity contribution in [3.05, 3.63) is 12.2 Å². The van der Waals surface area contributed by atoms with Gasteiger partial charge in [0.2, 0.25) is 0 Å². The maximum atomic E-state index is 12.5. The Labute approximate surface area is 262 Å². The van der Waals surface area contributed by atoms with E-state index in [1.807, 2.05) is 6.92 Å². The number of hydrogen-bond acceptors (Lipinski definition) is 12. The predicted molar refractivity (Wildman–Crippen MR) is 154 cm³/mol. The molecule has 6 fully saturated rings. The maximum Gasteiger partial charge on any atom is 0.309 e. The zero-order valence-corrected chi connectivity index (χ0v) is 26.0. The number of carbonyl (C=O) groups is 1. The van der Waals surface area contributed by atoms with E-state index < -0.39 is 91.6 Å². The molecule has 45 heavy (non-hydrogen) atoms. The Kier molecular flexibility index (Phi) is 8.77. The first-order chi connectivity index (χ1) is 21.2. The van der Waals surface area contributed by atoms with Crippen LogP contribution in [0.2, 0.25) is 0 Å². The summed E-state index contributed by atoms with van der Waals surface area (Å²) < 4.78 is 24.1. The third kappa shape index (κ3) is 5.04. The van der Waals surface area contributed by atoms with E-state index in [0.29, 0.717) is 25.7 Å². The molecule has 4 aliphatic carbocycles. The highest BCUT2D eigenvalue weighted by molar-refractivity contribution is 5.75. The monoisotopic (exact) mass is 642 g/mol. The number of hydrogen-bond donors (Lipinski definition) is 8. The molecule has 0 radical (unpaired) electrons. The van der Waals surface area contributed by atoms with Crippen molar-refractivity contribution in [3.63, 3.8) is 0 Å². The Morgan fingerprint density at radius 2 is 1.47 bits per heavy atom. The van der Waals surface area contributed by atoms with Crippen LogP contribution in [-0.4, -0.2) is 127 Å². The van der Waals surface area contributed by atoms with E-state index in [-0.39, 0.29) is 22.7 Å². The van der Waals surface area contributed by atoms with Gasteiger partial charge in [0, 0.05) is 0 Å². The number of fused-ring (bicyclic) bond motifs is 3. The Morgan fingerprint density at radius 3 is 2.11 bits per heavy atom. The van der Waals surface area contributed by atoms with Crippen LogP contribution >= 0.6 is 0 Å². The third-order valence-corrected chi connectivity index (χ3v) is 12.9. The van der Waals surface area contributed by atoms with E-state index in [1.165, 1.54) is 0 Å². The van der Waals surface area contributed by atoms with Crippen molar-refractivity contribution in [1.82, 2.24) is 0 Å². The fourth-order valence-corrected chi connectivity index (χ4v) is 10.6. The first-order valence-electron chi connectivity index (χ1n) is 16.3. The molecule has 2 bridgehead atoms. The minimum atomic E-state index is -1.76. The number of aliphatic hydroxyl groups excluding tert-OH is 7. The molecule has 0 aromatic carbocycles. The Morgan fingerprint density at radius 1 is 0.844 bits per heavy atom. The normalized spacial score (nSPS) is 54.7. The van der Waals surface area contributed by atoms with Crippen LogP contribution < -0.4 is 0 Å². The summed E-state index contributed by atoms with van der Waals surface area (Å²) in [6.07, 6.45) is -8.44. The highest BCUT2D eigenvalue weighted by Crippen LogP contribution is 2.73. The van der Waals surface area contributed by atoms with Gasteiger partial charge in [-0.2, -0.15) is 0 Å². The fraction of sp³-hybridized carbons (Fsp3) is 0.906. The van der Waals surface area contributed by atoms with Crippen LogP contribution in [0.4, 0.5) is 0 Å². The van der Waals surface area contributed by atoms with Gasteiger partial charge in [-0.05, 0) is 86.5 Å². The molecule has 6 aliphatic rings. The van der Waals surface area contributed by atoms with Gasteiger partial charge in [0.25, 0.3) is 0 Å². The third-order valence-electron chi connectivity index (χ3n) is 12.9. The van der Waals surface area contributed by atoms with E-state index in [4.69, 9.17) is 18.9 Å². The Bertz CT molecular complexity index is 1150. The summed E-state index contributed by atoms with van der Waals surface area (Å²) in [5.41, 5.74) is -1.10. The van der Waals surface area contributed by atoms with Gasteiger partial charge in [0.1, 0.15) is 48.8 Å². The lowest BCUT2D eigenvalue weighted by Gasteiger charge is -2.64. The van der Waals surface area contributed by atoms with Crippen molar-refractivity contribution in [2.24, 2.45) is 28.1 Å².